The fourth-order valence-electron chi connectivity index (χ4n) is 3.66. The maximum Gasteiger partial charge on any atom is 0.257 e. The molecule has 1 aliphatic rings. The standard InChI is InChI=1S/C23H26ClN3O4S/c1-4-25-23(32)26(12-11-15-5-10-19(30-2)20(13-15)31-3)18-14-21(28)27(22(18)29)17-8-6-16(24)7-9-17/h5-10,13,18H,4,11-12,14H2,1-3H3,(H,25,32)/t18-/m1/s1. The van der Waals surface area contributed by atoms with Crippen LogP contribution in [0.25, 0.3) is 0 Å². The average molecular weight is 476 g/mol. The molecule has 1 atom stereocenters. The van der Waals surface area contributed by atoms with Gasteiger partial charge in [-0.25, -0.2) is 4.90 Å². The van der Waals surface area contributed by atoms with Gasteiger partial charge in [-0.05, 0) is 67.5 Å². The number of ether oxygens (including phenoxy) is 2. The van der Waals surface area contributed by atoms with Gasteiger partial charge in [0.15, 0.2) is 16.6 Å². The lowest BCUT2D eigenvalue weighted by Gasteiger charge is -2.30. The van der Waals surface area contributed by atoms with Gasteiger partial charge in [0.25, 0.3) is 5.91 Å². The molecule has 0 aromatic heterocycles. The normalized spacial score (nSPS) is 15.6. The van der Waals surface area contributed by atoms with Crippen LogP contribution in [-0.2, 0) is 16.0 Å². The van der Waals surface area contributed by atoms with E-state index in [0.29, 0.717) is 46.8 Å². The van der Waals surface area contributed by atoms with E-state index >= 15 is 0 Å². The maximum atomic E-state index is 13.3. The van der Waals surface area contributed by atoms with Crippen molar-refractivity contribution >= 4 is 46.4 Å². The highest BCUT2D eigenvalue weighted by Gasteiger charge is 2.43. The van der Waals surface area contributed by atoms with Crippen LogP contribution >= 0.6 is 23.8 Å². The van der Waals surface area contributed by atoms with Crippen molar-refractivity contribution in [3.63, 3.8) is 0 Å². The Bertz CT molecular complexity index is 999. The first-order valence-electron chi connectivity index (χ1n) is 10.3. The molecule has 2 aromatic rings. The lowest BCUT2D eigenvalue weighted by molar-refractivity contribution is -0.122. The second-order valence-corrected chi connectivity index (χ2v) is 8.06. The molecule has 2 aromatic carbocycles. The van der Waals surface area contributed by atoms with Crippen LogP contribution in [0.5, 0.6) is 11.5 Å². The van der Waals surface area contributed by atoms with E-state index in [1.165, 1.54) is 4.90 Å². The highest BCUT2D eigenvalue weighted by molar-refractivity contribution is 7.80. The van der Waals surface area contributed by atoms with Gasteiger partial charge in [-0.15, -0.1) is 0 Å². The van der Waals surface area contributed by atoms with Crippen LogP contribution in [0.1, 0.15) is 18.9 Å². The largest absolute Gasteiger partial charge is 0.493 e. The molecule has 1 N–H and O–H groups in total. The fourth-order valence-corrected chi connectivity index (χ4v) is 4.15. The molecule has 7 nitrogen and oxygen atoms in total. The number of hydrogen-bond donors (Lipinski definition) is 1. The second kappa shape index (κ2) is 10.7. The molecule has 32 heavy (non-hydrogen) atoms. The van der Waals surface area contributed by atoms with Gasteiger partial charge in [0.1, 0.15) is 6.04 Å². The molecular weight excluding hydrogens is 450 g/mol. The first-order valence-corrected chi connectivity index (χ1v) is 11.1. The van der Waals surface area contributed by atoms with Crippen LogP contribution < -0.4 is 19.7 Å². The van der Waals surface area contributed by atoms with Crippen molar-refractivity contribution in [1.82, 2.24) is 10.2 Å². The van der Waals surface area contributed by atoms with Crippen LogP contribution in [0.3, 0.4) is 0 Å². The third-order valence-corrected chi connectivity index (χ3v) is 5.89. The molecule has 1 saturated heterocycles. The lowest BCUT2D eigenvalue weighted by Crippen LogP contribution is -2.50. The van der Waals surface area contributed by atoms with Crippen molar-refractivity contribution in [2.24, 2.45) is 0 Å². The van der Waals surface area contributed by atoms with Crippen molar-refractivity contribution in [2.75, 3.05) is 32.2 Å². The number of hydrogen-bond acceptors (Lipinski definition) is 5. The number of amides is 2. The Morgan fingerprint density at radius 1 is 1.16 bits per heavy atom. The summed E-state index contributed by atoms with van der Waals surface area (Å²) in [5.74, 6) is 0.709. The first-order chi connectivity index (χ1) is 15.4. The summed E-state index contributed by atoms with van der Waals surface area (Å²) in [5.41, 5.74) is 1.50. The minimum atomic E-state index is -0.676. The van der Waals surface area contributed by atoms with Crippen molar-refractivity contribution in [2.45, 2.75) is 25.8 Å². The van der Waals surface area contributed by atoms with Crippen molar-refractivity contribution in [1.29, 1.82) is 0 Å². The van der Waals surface area contributed by atoms with Gasteiger partial charge in [0.05, 0.1) is 26.3 Å². The Morgan fingerprint density at radius 2 is 1.84 bits per heavy atom. The van der Waals surface area contributed by atoms with Crippen molar-refractivity contribution in [3.05, 3.63) is 53.1 Å². The number of rotatable bonds is 8. The van der Waals surface area contributed by atoms with Crippen molar-refractivity contribution < 1.29 is 19.1 Å². The molecular formula is C23H26ClN3O4S. The topological polar surface area (TPSA) is 71.1 Å². The number of nitrogens with zero attached hydrogens (tertiary/aromatic N) is 2. The van der Waals surface area contributed by atoms with Gasteiger partial charge in [-0.3, -0.25) is 9.59 Å². The SMILES string of the molecule is CCNC(=S)N(CCc1ccc(OC)c(OC)c1)[C@@H]1CC(=O)N(c2ccc(Cl)cc2)C1=O. The fraction of sp³-hybridized carbons (Fsp3) is 0.348. The van der Waals surface area contributed by atoms with Gasteiger partial charge in [0, 0.05) is 18.1 Å². The minimum absolute atomic E-state index is 0.0545. The Morgan fingerprint density at radius 3 is 2.47 bits per heavy atom. The van der Waals surface area contributed by atoms with Gasteiger partial charge < -0.3 is 19.7 Å². The van der Waals surface area contributed by atoms with Crippen LogP contribution in [0.4, 0.5) is 5.69 Å². The second-order valence-electron chi connectivity index (χ2n) is 7.23. The number of anilines is 1. The molecule has 170 valence electrons. The number of imide groups is 1. The number of nitrogens with one attached hydrogen (secondary N) is 1. The van der Waals surface area contributed by atoms with Crippen LogP contribution in [-0.4, -0.2) is 55.2 Å². The van der Waals surface area contributed by atoms with E-state index in [2.05, 4.69) is 5.32 Å². The van der Waals surface area contributed by atoms with E-state index in [0.717, 1.165) is 5.56 Å². The first kappa shape index (κ1) is 23.8. The van der Waals surface area contributed by atoms with E-state index in [1.54, 1.807) is 43.4 Å². The molecule has 0 aliphatic carbocycles. The number of halogens is 1. The molecule has 0 bridgehead atoms. The summed E-state index contributed by atoms with van der Waals surface area (Å²) in [4.78, 5) is 29.0. The summed E-state index contributed by atoms with van der Waals surface area (Å²) < 4.78 is 10.7. The molecule has 1 fully saturated rings. The molecule has 2 amide bonds. The highest BCUT2D eigenvalue weighted by Crippen LogP contribution is 2.29. The van der Waals surface area contributed by atoms with Gasteiger partial charge in [0.2, 0.25) is 5.91 Å². The smallest absolute Gasteiger partial charge is 0.257 e. The Kier molecular flexibility index (Phi) is 7.93. The lowest BCUT2D eigenvalue weighted by atomic mass is 10.1. The number of benzene rings is 2. The Hall–Kier alpha value is -2.84. The van der Waals surface area contributed by atoms with Crippen LogP contribution in [0.15, 0.2) is 42.5 Å². The third kappa shape index (κ3) is 5.14. The van der Waals surface area contributed by atoms with E-state index in [-0.39, 0.29) is 18.2 Å². The molecule has 1 aliphatic heterocycles. The summed E-state index contributed by atoms with van der Waals surface area (Å²) in [6.45, 7) is 3.00. The van der Waals surface area contributed by atoms with Crippen molar-refractivity contribution in [3.8, 4) is 11.5 Å². The van der Waals surface area contributed by atoms with Crippen LogP contribution in [0.2, 0.25) is 5.02 Å². The molecule has 3 rings (SSSR count). The maximum absolute atomic E-state index is 13.3. The number of thiocarbonyl (C=S) groups is 1. The monoisotopic (exact) mass is 475 g/mol. The summed E-state index contributed by atoms with van der Waals surface area (Å²) in [6, 6.07) is 11.6. The predicted molar refractivity (Wildman–Crippen MR) is 129 cm³/mol. The molecule has 1 heterocycles. The number of carbonyl (C=O) groups is 2. The molecule has 0 unspecified atom stereocenters. The van der Waals surface area contributed by atoms with Gasteiger partial charge in [-0.2, -0.15) is 0 Å². The number of methoxy groups -OCH3 is 2. The van der Waals surface area contributed by atoms with Crippen LogP contribution in [0, 0.1) is 0 Å². The average Bonchev–Trinajstić information content (AvgIpc) is 3.08. The summed E-state index contributed by atoms with van der Waals surface area (Å²) in [7, 11) is 3.17. The van der Waals surface area contributed by atoms with E-state index < -0.39 is 6.04 Å². The number of carbonyl (C=O) groups excluding carboxylic acids is 2. The Balaban J connectivity index is 1.81. The Labute approximate surface area is 198 Å². The summed E-state index contributed by atoms with van der Waals surface area (Å²) in [5, 5.41) is 4.09. The third-order valence-electron chi connectivity index (χ3n) is 5.26. The van der Waals surface area contributed by atoms with E-state index in [9.17, 15) is 9.59 Å². The molecule has 0 radical (unpaired) electrons. The predicted octanol–water partition coefficient (Wildman–Crippen LogP) is 3.43. The zero-order valence-electron chi connectivity index (χ0n) is 18.3. The molecule has 0 saturated carbocycles. The van der Waals surface area contributed by atoms with Gasteiger partial charge >= 0.3 is 0 Å². The quantitative estimate of drug-likeness (QED) is 0.463. The van der Waals surface area contributed by atoms with Gasteiger partial charge in [-0.1, -0.05) is 17.7 Å². The molecule has 9 heteroatoms. The zero-order valence-corrected chi connectivity index (χ0v) is 19.8. The highest BCUT2D eigenvalue weighted by atomic mass is 35.5. The summed E-state index contributed by atoms with van der Waals surface area (Å²) in [6.07, 6.45) is 0.656. The van der Waals surface area contributed by atoms with E-state index in [4.69, 9.17) is 33.3 Å². The van der Waals surface area contributed by atoms with E-state index in [1.807, 2.05) is 25.1 Å². The zero-order chi connectivity index (χ0) is 23.3. The minimum Gasteiger partial charge on any atom is -0.493 e. The molecule has 0 spiro atoms. The summed E-state index contributed by atoms with van der Waals surface area (Å²) >= 11 is 11.5.